The summed E-state index contributed by atoms with van der Waals surface area (Å²) in [6, 6.07) is 2.06. The molecule has 2 rings (SSSR count). The third kappa shape index (κ3) is 1.41. The lowest BCUT2D eigenvalue weighted by molar-refractivity contribution is -0.114. The molecule has 0 bridgehead atoms. The zero-order chi connectivity index (χ0) is 8.39. The van der Waals surface area contributed by atoms with Crippen LogP contribution in [0, 0.1) is 0 Å². The highest BCUT2D eigenvalue weighted by Crippen LogP contribution is 2.20. The number of hydrogen-bond acceptors (Lipinski definition) is 3. The number of allylic oxidation sites excluding steroid dienone is 1. The maximum atomic E-state index is 10.9. The highest BCUT2D eigenvalue weighted by Gasteiger charge is 2.10. The minimum atomic E-state index is 0.224. The molecule has 62 valence electrons. The molecule has 12 heavy (non-hydrogen) atoms. The molecule has 0 N–H and O–H groups in total. The van der Waals surface area contributed by atoms with E-state index in [0.717, 1.165) is 6.54 Å². The van der Waals surface area contributed by atoms with Gasteiger partial charge in [-0.15, -0.1) is 0 Å². The Bertz CT molecular complexity index is 302. The first-order chi connectivity index (χ1) is 5.86. The number of hydrogen-bond donors (Lipinski definition) is 0. The molecule has 0 spiro atoms. The van der Waals surface area contributed by atoms with Crippen LogP contribution in [0.4, 0.5) is 5.69 Å². The van der Waals surface area contributed by atoms with Gasteiger partial charge < -0.3 is 4.90 Å². The quantitative estimate of drug-likeness (QED) is 0.657. The SMILES string of the molecule is O=C1C=CN(c2ccsc2)CC1. The van der Waals surface area contributed by atoms with Gasteiger partial charge in [0.05, 0.1) is 5.69 Å². The Hall–Kier alpha value is -1.09. The van der Waals surface area contributed by atoms with E-state index in [1.165, 1.54) is 5.69 Å². The lowest BCUT2D eigenvalue weighted by Crippen LogP contribution is -2.23. The Labute approximate surface area is 75.1 Å². The van der Waals surface area contributed by atoms with E-state index in [1.54, 1.807) is 17.4 Å². The van der Waals surface area contributed by atoms with Gasteiger partial charge in [0.25, 0.3) is 0 Å². The van der Waals surface area contributed by atoms with Crippen molar-refractivity contribution in [3.05, 3.63) is 29.1 Å². The molecule has 1 aliphatic rings. The van der Waals surface area contributed by atoms with Crippen LogP contribution in [0.25, 0.3) is 0 Å². The molecule has 0 atom stereocenters. The Morgan fingerprint density at radius 3 is 3.00 bits per heavy atom. The second kappa shape index (κ2) is 3.11. The van der Waals surface area contributed by atoms with Gasteiger partial charge in [-0.2, -0.15) is 11.3 Å². The van der Waals surface area contributed by atoms with Gasteiger partial charge in [0.1, 0.15) is 0 Å². The van der Waals surface area contributed by atoms with Gasteiger partial charge in [-0.1, -0.05) is 0 Å². The summed E-state index contributed by atoms with van der Waals surface area (Å²) in [5.41, 5.74) is 1.18. The first-order valence-corrected chi connectivity index (χ1v) is 4.80. The predicted molar refractivity (Wildman–Crippen MR) is 50.4 cm³/mol. The smallest absolute Gasteiger partial charge is 0.158 e. The molecule has 0 unspecified atom stereocenters. The van der Waals surface area contributed by atoms with Gasteiger partial charge in [0.2, 0.25) is 0 Å². The van der Waals surface area contributed by atoms with E-state index in [-0.39, 0.29) is 5.78 Å². The van der Waals surface area contributed by atoms with Gasteiger partial charge in [0, 0.05) is 24.5 Å². The summed E-state index contributed by atoms with van der Waals surface area (Å²) in [7, 11) is 0. The van der Waals surface area contributed by atoms with Crippen LogP contribution < -0.4 is 4.90 Å². The van der Waals surface area contributed by atoms with Crippen LogP contribution in [0.2, 0.25) is 0 Å². The second-order valence-corrected chi connectivity index (χ2v) is 3.49. The third-order valence-corrected chi connectivity index (χ3v) is 2.55. The summed E-state index contributed by atoms with van der Waals surface area (Å²) >= 11 is 1.67. The summed E-state index contributed by atoms with van der Waals surface area (Å²) in [6.07, 6.45) is 4.13. The van der Waals surface area contributed by atoms with Gasteiger partial charge in [-0.05, 0) is 17.5 Å². The second-order valence-electron chi connectivity index (χ2n) is 2.71. The molecule has 1 aliphatic heterocycles. The van der Waals surface area contributed by atoms with Crippen molar-refractivity contribution in [1.29, 1.82) is 0 Å². The fourth-order valence-corrected chi connectivity index (χ4v) is 1.85. The van der Waals surface area contributed by atoms with Crippen LogP contribution in [0.3, 0.4) is 0 Å². The topological polar surface area (TPSA) is 20.3 Å². The van der Waals surface area contributed by atoms with Crippen LogP contribution in [0.5, 0.6) is 0 Å². The summed E-state index contributed by atoms with van der Waals surface area (Å²) < 4.78 is 0. The first-order valence-electron chi connectivity index (χ1n) is 3.86. The number of carbonyl (C=O) groups is 1. The zero-order valence-electron chi connectivity index (χ0n) is 6.56. The molecule has 2 nitrogen and oxygen atoms in total. The summed E-state index contributed by atoms with van der Waals surface area (Å²) in [6.45, 7) is 0.812. The maximum Gasteiger partial charge on any atom is 0.158 e. The van der Waals surface area contributed by atoms with Crippen LogP contribution in [0.1, 0.15) is 6.42 Å². The van der Waals surface area contributed by atoms with E-state index < -0.39 is 0 Å². The lowest BCUT2D eigenvalue weighted by atomic mass is 10.2. The third-order valence-electron chi connectivity index (χ3n) is 1.88. The van der Waals surface area contributed by atoms with Crippen molar-refractivity contribution in [2.24, 2.45) is 0 Å². The largest absolute Gasteiger partial charge is 0.347 e. The van der Waals surface area contributed by atoms with Crippen LogP contribution in [-0.4, -0.2) is 12.3 Å². The minimum absolute atomic E-state index is 0.224. The summed E-state index contributed by atoms with van der Waals surface area (Å²) in [5, 5.41) is 4.12. The molecule has 3 heteroatoms. The van der Waals surface area contributed by atoms with E-state index in [0.29, 0.717) is 6.42 Å². The molecule has 0 radical (unpaired) electrons. The van der Waals surface area contributed by atoms with E-state index >= 15 is 0 Å². The average molecular weight is 179 g/mol. The van der Waals surface area contributed by atoms with Gasteiger partial charge in [-0.3, -0.25) is 4.79 Å². The van der Waals surface area contributed by atoms with Crippen molar-refractivity contribution in [2.45, 2.75) is 6.42 Å². The van der Waals surface area contributed by atoms with Crippen LogP contribution >= 0.6 is 11.3 Å². The Morgan fingerprint density at radius 2 is 2.42 bits per heavy atom. The van der Waals surface area contributed by atoms with Crippen LogP contribution in [-0.2, 0) is 4.79 Å². The zero-order valence-corrected chi connectivity index (χ0v) is 7.38. The van der Waals surface area contributed by atoms with Crippen LogP contribution in [0.15, 0.2) is 29.1 Å². The molecule has 0 aromatic carbocycles. The van der Waals surface area contributed by atoms with Crippen molar-refractivity contribution in [3.63, 3.8) is 0 Å². The number of rotatable bonds is 1. The number of carbonyl (C=O) groups excluding carboxylic acids is 1. The Balaban J connectivity index is 2.17. The van der Waals surface area contributed by atoms with E-state index in [1.807, 2.05) is 11.6 Å². The molecule has 0 amide bonds. The summed E-state index contributed by atoms with van der Waals surface area (Å²) in [5.74, 6) is 0.224. The molecule has 0 fully saturated rings. The van der Waals surface area contributed by atoms with Gasteiger partial charge in [0.15, 0.2) is 5.78 Å². The normalized spacial score (nSPS) is 17.0. The van der Waals surface area contributed by atoms with Crippen molar-refractivity contribution in [2.75, 3.05) is 11.4 Å². The summed E-state index contributed by atoms with van der Waals surface area (Å²) in [4.78, 5) is 13.0. The molecule has 1 aromatic heterocycles. The first kappa shape index (κ1) is 7.55. The minimum Gasteiger partial charge on any atom is -0.347 e. The number of ketones is 1. The molecule has 0 saturated carbocycles. The molecule has 2 heterocycles. The molecule has 1 aromatic rings. The standard InChI is InChI=1S/C9H9NOS/c11-9-1-4-10(5-2-9)8-3-6-12-7-8/h1,3-4,6-7H,2,5H2. The Kier molecular flexibility index (Phi) is 1.96. The maximum absolute atomic E-state index is 10.9. The van der Waals surface area contributed by atoms with Crippen molar-refractivity contribution < 1.29 is 4.79 Å². The number of nitrogens with zero attached hydrogens (tertiary/aromatic N) is 1. The van der Waals surface area contributed by atoms with Crippen molar-refractivity contribution >= 4 is 22.8 Å². The fraction of sp³-hybridized carbons (Fsp3) is 0.222. The van der Waals surface area contributed by atoms with E-state index in [9.17, 15) is 4.79 Å². The highest BCUT2D eigenvalue weighted by molar-refractivity contribution is 7.08. The number of anilines is 1. The van der Waals surface area contributed by atoms with E-state index in [4.69, 9.17) is 0 Å². The Morgan fingerprint density at radius 1 is 1.50 bits per heavy atom. The predicted octanol–water partition coefficient (Wildman–Crippen LogP) is 2.04. The average Bonchev–Trinajstić information content (AvgIpc) is 2.58. The molecule has 0 aliphatic carbocycles. The molecular formula is C9H9NOS. The monoisotopic (exact) mass is 179 g/mol. The van der Waals surface area contributed by atoms with Crippen molar-refractivity contribution in [3.8, 4) is 0 Å². The van der Waals surface area contributed by atoms with Crippen molar-refractivity contribution in [1.82, 2.24) is 0 Å². The van der Waals surface area contributed by atoms with Gasteiger partial charge >= 0.3 is 0 Å². The lowest BCUT2D eigenvalue weighted by Gasteiger charge is -2.20. The fourth-order valence-electron chi connectivity index (χ4n) is 1.20. The van der Waals surface area contributed by atoms with E-state index in [2.05, 4.69) is 16.3 Å². The highest BCUT2D eigenvalue weighted by atomic mass is 32.1. The molecular weight excluding hydrogens is 170 g/mol. The number of thiophene rings is 1. The van der Waals surface area contributed by atoms with Gasteiger partial charge in [-0.25, -0.2) is 0 Å². The molecule has 0 saturated heterocycles.